The molecule has 2 heterocycles. The van der Waals surface area contributed by atoms with Gasteiger partial charge in [0.1, 0.15) is 0 Å². The van der Waals surface area contributed by atoms with Gasteiger partial charge in [0, 0.05) is 24.0 Å². The van der Waals surface area contributed by atoms with Crippen molar-refractivity contribution in [1.82, 2.24) is 4.98 Å². The fourth-order valence-electron chi connectivity index (χ4n) is 2.75. The first-order valence-corrected chi connectivity index (χ1v) is 6.85. The largest absolute Gasteiger partial charge is 0.397 e. The average molecular weight is 274 g/mol. The van der Waals surface area contributed by atoms with Crippen LogP contribution in [-0.2, 0) is 0 Å². The van der Waals surface area contributed by atoms with Gasteiger partial charge in [-0.05, 0) is 48.7 Å². The van der Waals surface area contributed by atoms with Crippen LogP contribution in [0.2, 0.25) is 5.02 Å². The summed E-state index contributed by atoms with van der Waals surface area (Å²) in [5, 5.41) is 0.726. The summed E-state index contributed by atoms with van der Waals surface area (Å²) in [6.07, 6.45) is 5.98. The first-order chi connectivity index (χ1) is 9.25. The molecule has 1 fully saturated rings. The number of nitrogens with zero attached hydrogens (tertiary/aromatic N) is 2. The zero-order valence-electron chi connectivity index (χ0n) is 10.6. The Morgan fingerprint density at radius 3 is 2.79 bits per heavy atom. The van der Waals surface area contributed by atoms with Crippen molar-refractivity contribution in [2.45, 2.75) is 18.9 Å². The van der Waals surface area contributed by atoms with Gasteiger partial charge >= 0.3 is 0 Å². The molecule has 0 amide bonds. The van der Waals surface area contributed by atoms with Crippen LogP contribution in [0.15, 0.2) is 42.7 Å². The quantitative estimate of drug-likeness (QED) is 0.849. The average Bonchev–Trinajstić information content (AvgIpc) is 2.91. The lowest BCUT2D eigenvalue weighted by Crippen LogP contribution is -2.23. The highest BCUT2D eigenvalue weighted by atomic mass is 35.5. The highest BCUT2D eigenvalue weighted by molar-refractivity contribution is 6.31. The molecule has 4 heteroatoms. The maximum atomic E-state index is 6.10. The van der Waals surface area contributed by atoms with Gasteiger partial charge in [-0.25, -0.2) is 0 Å². The van der Waals surface area contributed by atoms with E-state index in [9.17, 15) is 0 Å². The van der Waals surface area contributed by atoms with Crippen molar-refractivity contribution in [3.8, 4) is 0 Å². The summed E-state index contributed by atoms with van der Waals surface area (Å²) in [6, 6.07) is 10.2. The Hall–Kier alpha value is -1.74. The number of nitrogens with two attached hydrogens (primary N) is 1. The van der Waals surface area contributed by atoms with Gasteiger partial charge < -0.3 is 10.6 Å². The zero-order valence-corrected chi connectivity index (χ0v) is 11.3. The van der Waals surface area contributed by atoms with Gasteiger partial charge in [0.25, 0.3) is 0 Å². The fraction of sp³-hybridized carbons (Fsp3) is 0.267. The molecule has 2 N–H and O–H groups in total. The molecule has 2 aromatic rings. The van der Waals surface area contributed by atoms with E-state index in [1.807, 2.05) is 30.6 Å². The molecule has 1 saturated heterocycles. The summed E-state index contributed by atoms with van der Waals surface area (Å²) in [6.45, 7) is 1.01. The van der Waals surface area contributed by atoms with E-state index in [4.69, 9.17) is 17.3 Å². The Kier molecular flexibility index (Phi) is 3.30. The molecule has 1 atom stereocenters. The lowest BCUT2D eigenvalue weighted by atomic mass is 10.1. The van der Waals surface area contributed by atoms with E-state index in [2.05, 4.69) is 22.0 Å². The van der Waals surface area contributed by atoms with Crippen molar-refractivity contribution in [3.05, 3.63) is 53.3 Å². The van der Waals surface area contributed by atoms with Gasteiger partial charge in [-0.2, -0.15) is 0 Å². The number of pyridine rings is 1. The normalized spacial score (nSPS) is 18.8. The Labute approximate surface area is 118 Å². The molecule has 19 heavy (non-hydrogen) atoms. The molecule has 0 bridgehead atoms. The molecule has 98 valence electrons. The lowest BCUT2D eigenvalue weighted by molar-refractivity contribution is 0.718. The first-order valence-electron chi connectivity index (χ1n) is 6.47. The number of anilines is 2. The van der Waals surface area contributed by atoms with Crippen molar-refractivity contribution in [2.75, 3.05) is 17.2 Å². The molecule has 3 nitrogen and oxygen atoms in total. The number of hydrogen-bond donors (Lipinski definition) is 1. The Morgan fingerprint density at radius 1 is 1.21 bits per heavy atom. The maximum absolute atomic E-state index is 6.10. The molecule has 0 aliphatic carbocycles. The van der Waals surface area contributed by atoms with Gasteiger partial charge in [-0.3, -0.25) is 4.98 Å². The molecule has 0 saturated carbocycles. The minimum absolute atomic E-state index is 0.365. The number of benzene rings is 1. The Morgan fingerprint density at radius 2 is 2.00 bits per heavy atom. The van der Waals surface area contributed by atoms with Crippen LogP contribution < -0.4 is 10.6 Å². The second kappa shape index (κ2) is 5.10. The van der Waals surface area contributed by atoms with Crippen LogP contribution in [0.1, 0.15) is 24.4 Å². The van der Waals surface area contributed by atoms with Crippen molar-refractivity contribution in [3.63, 3.8) is 0 Å². The number of rotatable bonds is 2. The SMILES string of the molecule is Nc1ccc(Cl)cc1N1CCCC1c1ccncc1. The Bertz CT molecular complexity index is 571. The molecule has 1 unspecified atom stereocenters. The van der Waals surface area contributed by atoms with Crippen LogP contribution in [0.4, 0.5) is 11.4 Å². The summed E-state index contributed by atoms with van der Waals surface area (Å²) in [5.41, 5.74) is 9.20. The molecule has 0 radical (unpaired) electrons. The molecule has 1 aliphatic heterocycles. The summed E-state index contributed by atoms with van der Waals surface area (Å²) in [7, 11) is 0. The predicted octanol–water partition coefficient (Wildman–Crippen LogP) is 3.66. The Balaban J connectivity index is 1.97. The highest BCUT2D eigenvalue weighted by Crippen LogP contribution is 2.39. The molecule has 1 aromatic carbocycles. The van der Waals surface area contributed by atoms with Crippen LogP contribution in [-0.4, -0.2) is 11.5 Å². The zero-order chi connectivity index (χ0) is 13.2. The third kappa shape index (κ3) is 2.38. The summed E-state index contributed by atoms with van der Waals surface area (Å²) >= 11 is 6.10. The maximum Gasteiger partial charge on any atom is 0.0620 e. The van der Waals surface area contributed by atoms with E-state index in [0.29, 0.717) is 6.04 Å². The summed E-state index contributed by atoms with van der Waals surface area (Å²) < 4.78 is 0. The van der Waals surface area contributed by atoms with Crippen LogP contribution in [0.5, 0.6) is 0 Å². The van der Waals surface area contributed by atoms with E-state index in [0.717, 1.165) is 29.4 Å². The topological polar surface area (TPSA) is 42.1 Å². The molecule has 1 aliphatic rings. The van der Waals surface area contributed by atoms with E-state index in [1.165, 1.54) is 12.0 Å². The van der Waals surface area contributed by atoms with Gasteiger partial charge in [0.2, 0.25) is 0 Å². The number of nitrogen functional groups attached to an aromatic ring is 1. The van der Waals surface area contributed by atoms with Crippen molar-refractivity contribution >= 4 is 23.0 Å². The highest BCUT2D eigenvalue weighted by Gasteiger charge is 2.27. The van der Waals surface area contributed by atoms with E-state index in [-0.39, 0.29) is 0 Å². The third-order valence-electron chi connectivity index (χ3n) is 3.65. The fourth-order valence-corrected chi connectivity index (χ4v) is 2.92. The number of aromatic nitrogens is 1. The third-order valence-corrected chi connectivity index (χ3v) is 3.88. The van der Waals surface area contributed by atoms with Gasteiger partial charge in [-0.15, -0.1) is 0 Å². The minimum Gasteiger partial charge on any atom is -0.397 e. The van der Waals surface area contributed by atoms with Crippen molar-refractivity contribution in [1.29, 1.82) is 0 Å². The molecular formula is C15H16ClN3. The van der Waals surface area contributed by atoms with Crippen LogP contribution in [0.3, 0.4) is 0 Å². The number of halogens is 1. The second-order valence-corrected chi connectivity index (χ2v) is 5.27. The van der Waals surface area contributed by atoms with E-state index < -0.39 is 0 Å². The van der Waals surface area contributed by atoms with Crippen molar-refractivity contribution in [2.24, 2.45) is 0 Å². The monoisotopic (exact) mass is 273 g/mol. The first kappa shape index (κ1) is 12.3. The molecule has 1 aromatic heterocycles. The van der Waals surface area contributed by atoms with Crippen LogP contribution >= 0.6 is 11.6 Å². The van der Waals surface area contributed by atoms with Gasteiger partial charge in [0.05, 0.1) is 17.4 Å². The minimum atomic E-state index is 0.365. The van der Waals surface area contributed by atoms with E-state index >= 15 is 0 Å². The standard InChI is InChI=1S/C15H16ClN3/c16-12-3-4-13(17)15(10-12)19-9-1-2-14(19)11-5-7-18-8-6-11/h3-8,10,14H,1-2,9,17H2. The van der Waals surface area contributed by atoms with Crippen molar-refractivity contribution < 1.29 is 0 Å². The van der Waals surface area contributed by atoms with Gasteiger partial charge in [0.15, 0.2) is 0 Å². The molecular weight excluding hydrogens is 258 g/mol. The molecule has 3 rings (SSSR count). The van der Waals surface area contributed by atoms with Crippen LogP contribution in [0.25, 0.3) is 0 Å². The van der Waals surface area contributed by atoms with Crippen LogP contribution in [0, 0.1) is 0 Å². The van der Waals surface area contributed by atoms with Gasteiger partial charge in [-0.1, -0.05) is 11.6 Å². The summed E-state index contributed by atoms with van der Waals surface area (Å²) in [4.78, 5) is 6.43. The second-order valence-electron chi connectivity index (χ2n) is 4.84. The molecule has 0 spiro atoms. The summed E-state index contributed by atoms with van der Waals surface area (Å²) in [5.74, 6) is 0. The number of hydrogen-bond acceptors (Lipinski definition) is 3. The predicted molar refractivity (Wildman–Crippen MR) is 79.4 cm³/mol. The van der Waals surface area contributed by atoms with E-state index in [1.54, 1.807) is 0 Å². The lowest BCUT2D eigenvalue weighted by Gasteiger charge is -2.28. The smallest absolute Gasteiger partial charge is 0.0620 e.